The molecule has 26 heavy (non-hydrogen) atoms. The van der Waals surface area contributed by atoms with Crippen molar-refractivity contribution in [3.05, 3.63) is 42.2 Å². The van der Waals surface area contributed by atoms with Crippen LogP contribution in [0.2, 0.25) is 0 Å². The van der Waals surface area contributed by atoms with Gasteiger partial charge in [0.25, 0.3) is 0 Å². The SMILES string of the molecule is Cc1ccccc1-n1ccnc1SCC(=O)N1CCCN(C(N)=O)CC1. The van der Waals surface area contributed by atoms with Crippen molar-refractivity contribution in [2.45, 2.75) is 18.5 Å². The van der Waals surface area contributed by atoms with E-state index in [9.17, 15) is 9.59 Å². The number of carbonyl (C=O) groups is 2. The lowest BCUT2D eigenvalue weighted by Crippen LogP contribution is -2.40. The Labute approximate surface area is 157 Å². The van der Waals surface area contributed by atoms with Gasteiger partial charge in [-0.3, -0.25) is 9.36 Å². The van der Waals surface area contributed by atoms with Crippen LogP contribution in [0.3, 0.4) is 0 Å². The summed E-state index contributed by atoms with van der Waals surface area (Å²) in [5, 5.41) is 0.793. The van der Waals surface area contributed by atoms with Crippen molar-refractivity contribution in [3.8, 4) is 5.69 Å². The van der Waals surface area contributed by atoms with E-state index in [2.05, 4.69) is 18.0 Å². The largest absolute Gasteiger partial charge is 0.351 e. The predicted molar refractivity (Wildman–Crippen MR) is 101 cm³/mol. The lowest BCUT2D eigenvalue weighted by molar-refractivity contribution is -0.128. The highest BCUT2D eigenvalue weighted by Gasteiger charge is 2.21. The van der Waals surface area contributed by atoms with Crippen LogP contribution < -0.4 is 5.73 Å². The number of carbonyl (C=O) groups excluding carboxylic acids is 2. The predicted octanol–water partition coefficient (Wildman–Crippen LogP) is 1.89. The molecule has 3 rings (SSSR count). The highest BCUT2D eigenvalue weighted by molar-refractivity contribution is 7.99. The van der Waals surface area contributed by atoms with E-state index < -0.39 is 6.03 Å². The van der Waals surface area contributed by atoms with Gasteiger partial charge in [0.2, 0.25) is 5.91 Å². The number of amides is 3. The van der Waals surface area contributed by atoms with Crippen LogP contribution in [0.1, 0.15) is 12.0 Å². The number of primary amides is 1. The number of nitrogens with two attached hydrogens (primary N) is 1. The van der Waals surface area contributed by atoms with Gasteiger partial charge >= 0.3 is 6.03 Å². The van der Waals surface area contributed by atoms with Gasteiger partial charge in [-0.25, -0.2) is 9.78 Å². The molecule has 0 unspecified atom stereocenters. The van der Waals surface area contributed by atoms with Gasteiger partial charge in [-0.05, 0) is 25.0 Å². The van der Waals surface area contributed by atoms with Gasteiger partial charge in [0.05, 0.1) is 11.4 Å². The minimum absolute atomic E-state index is 0.0562. The third kappa shape index (κ3) is 4.19. The number of rotatable bonds is 4. The first-order chi connectivity index (χ1) is 12.6. The molecule has 2 aromatic rings. The zero-order valence-corrected chi connectivity index (χ0v) is 15.6. The van der Waals surface area contributed by atoms with Gasteiger partial charge in [-0.15, -0.1) is 0 Å². The molecule has 0 bridgehead atoms. The van der Waals surface area contributed by atoms with Crippen LogP contribution >= 0.6 is 11.8 Å². The van der Waals surface area contributed by atoms with E-state index in [0.29, 0.717) is 31.9 Å². The molecule has 1 aromatic heterocycles. The number of urea groups is 1. The minimum atomic E-state index is -0.422. The van der Waals surface area contributed by atoms with Gasteiger partial charge in [-0.2, -0.15) is 0 Å². The second-order valence-electron chi connectivity index (χ2n) is 6.21. The summed E-state index contributed by atoms with van der Waals surface area (Å²) in [6.07, 6.45) is 4.40. The van der Waals surface area contributed by atoms with Gasteiger partial charge in [-0.1, -0.05) is 30.0 Å². The highest BCUT2D eigenvalue weighted by atomic mass is 32.2. The Morgan fingerprint density at radius 1 is 1.15 bits per heavy atom. The standard InChI is InChI=1S/C18H23N5O2S/c1-14-5-2-3-6-15(14)23-10-7-20-18(23)26-13-16(24)21-8-4-9-22(12-11-21)17(19)25/h2-3,5-7,10H,4,8-9,11-13H2,1H3,(H2,19,25). The van der Waals surface area contributed by atoms with Crippen LogP contribution in [0, 0.1) is 6.92 Å². The van der Waals surface area contributed by atoms with Gasteiger partial charge in [0.15, 0.2) is 5.16 Å². The number of aromatic nitrogens is 2. The van der Waals surface area contributed by atoms with E-state index in [1.165, 1.54) is 11.8 Å². The van der Waals surface area contributed by atoms with Gasteiger partial charge in [0.1, 0.15) is 0 Å². The molecule has 1 aromatic carbocycles. The van der Waals surface area contributed by atoms with Crippen molar-refractivity contribution < 1.29 is 9.59 Å². The van der Waals surface area contributed by atoms with E-state index in [1.54, 1.807) is 16.0 Å². The molecule has 138 valence electrons. The van der Waals surface area contributed by atoms with E-state index >= 15 is 0 Å². The van der Waals surface area contributed by atoms with Crippen molar-refractivity contribution in [1.29, 1.82) is 0 Å². The molecule has 2 N–H and O–H groups in total. The summed E-state index contributed by atoms with van der Waals surface area (Å²) >= 11 is 1.43. The first-order valence-electron chi connectivity index (χ1n) is 8.60. The zero-order chi connectivity index (χ0) is 18.5. The molecule has 0 aliphatic carbocycles. The first-order valence-corrected chi connectivity index (χ1v) is 9.59. The second-order valence-corrected chi connectivity index (χ2v) is 7.16. The molecule has 1 aliphatic heterocycles. The molecule has 0 radical (unpaired) electrons. The van der Waals surface area contributed by atoms with Crippen LogP contribution in [0.15, 0.2) is 41.8 Å². The van der Waals surface area contributed by atoms with Crippen LogP contribution in [-0.4, -0.2) is 63.2 Å². The maximum atomic E-state index is 12.6. The molecule has 1 aliphatic rings. The first kappa shape index (κ1) is 18.3. The Kier molecular flexibility index (Phi) is 5.82. The van der Waals surface area contributed by atoms with Crippen LogP contribution in [-0.2, 0) is 4.79 Å². The molecule has 0 saturated carbocycles. The third-order valence-corrected chi connectivity index (χ3v) is 5.42. The Morgan fingerprint density at radius 2 is 1.88 bits per heavy atom. The summed E-state index contributed by atoms with van der Waals surface area (Å²) in [5.74, 6) is 0.375. The van der Waals surface area contributed by atoms with Crippen LogP contribution in [0.4, 0.5) is 4.79 Å². The number of aryl methyl sites for hydroxylation is 1. The van der Waals surface area contributed by atoms with Crippen LogP contribution in [0.5, 0.6) is 0 Å². The number of nitrogens with zero attached hydrogens (tertiary/aromatic N) is 4. The summed E-state index contributed by atoms with van der Waals surface area (Å²) in [5.41, 5.74) is 7.55. The molecule has 0 atom stereocenters. The Balaban J connectivity index is 1.62. The third-order valence-electron chi connectivity index (χ3n) is 4.47. The summed E-state index contributed by atoms with van der Waals surface area (Å²) < 4.78 is 2.00. The molecule has 7 nitrogen and oxygen atoms in total. The lowest BCUT2D eigenvalue weighted by atomic mass is 10.2. The van der Waals surface area contributed by atoms with Crippen molar-refractivity contribution in [2.75, 3.05) is 31.9 Å². The summed E-state index contributed by atoms with van der Waals surface area (Å²) in [7, 11) is 0. The van der Waals surface area contributed by atoms with Gasteiger partial charge in [0, 0.05) is 38.6 Å². The van der Waals surface area contributed by atoms with Crippen molar-refractivity contribution >= 4 is 23.7 Å². The van der Waals surface area contributed by atoms with E-state index in [1.807, 2.05) is 29.0 Å². The van der Waals surface area contributed by atoms with Gasteiger partial charge < -0.3 is 15.5 Å². The Morgan fingerprint density at radius 3 is 2.65 bits per heavy atom. The van der Waals surface area contributed by atoms with E-state index in [4.69, 9.17) is 5.73 Å². The number of thioether (sulfide) groups is 1. The molecule has 8 heteroatoms. The smallest absolute Gasteiger partial charge is 0.314 e. The number of hydrogen-bond donors (Lipinski definition) is 1. The van der Waals surface area contributed by atoms with E-state index in [0.717, 1.165) is 22.8 Å². The number of hydrogen-bond acceptors (Lipinski definition) is 4. The fourth-order valence-electron chi connectivity index (χ4n) is 3.02. The maximum Gasteiger partial charge on any atom is 0.314 e. The normalized spacial score (nSPS) is 15.0. The second kappa shape index (κ2) is 8.27. The van der Waals surface area contributed by atoms with E-state index in [-0.39, 0.29) is 5.91 Å². The molecule has 1 saturated heterocycles. The quantitative estimate of drug-likeness (QED) is 0.830. The zero-order valence-electron chi connectivity index (χ0n) is 14.8. The molecule has 0 spiro atoms. The summed E-state index contributed by atoms with van der Waals surface area (Å²) in [6.45, 7) is 4.31. The molecular formula is C18H23N5O2S. The number of para-hydroxylation sites is 1. The summed E-state index contributed by atoms with van der Waals surface area (Å²) in [4.78, 5) is 31.6. The van der Waals surface area contributed by atoms with Crippen molar-refractivity contribution in [3.63, 3.8) is 0 Å². The monoisotopic (exact) mass is 373 g/mol. The fraction of sp³-hybridized carbons (Fsp3) is 0.389. The Hall–Kier alpha value is -2.48. The van der Waals surface area contributed by atoms with Crippen molar-refractivity contribution in [2.24, 2.45) is 5.73 Å². The Bertz CT molecular complexity index is 791. The van der Waals surface area contributed by atoms with Crippen molar-refractivity contribution in [1.82, 2.24) is 19.4 Å². The number of benzene rings is 1. The molecule has 1 fully saturated rings. The highest BCUT2D eigenvalue weighted by Crippen LogP contribution is 2.23. The topological polar surface area (TPSA) is 84.5 Å². The van der Waals surface area contributed by atoms with Crippen LogP contribution in [0.25, 0.3) is 5.69 Å². The number of imidazole rings is 1. The average molecular weight is 373 g/mol. The molecule has 2 heterocycles. The average Bonchev–Trinajstić information content (AvgIpc) is 2.94. The summed E-state index contributed by atoms with van der Waals surface area (Å²) in [6, 6.07) is 7.66. The lowest BCUT2D eigenvalue weighted by Gasteiger charge is -2.21. The molecule has 3 amide bonds. The molecular weight excluding hydrogens is 350 g/mol. The minimum Gasteiger partial charge on any atom is -0.351 e. The maximum absolute atomic E-state index is 12.6. The fourth-order valence-corrected chi connectivity index (χ4v) is 3.89.